The van der Waals surface area contributed by atoms with Crippen molar-refractivity contribution < 1.29 is 4.79 Å². The second-order valence-electron chi connectivity index (χ2n) is 4.33. The summed E-state index contributed by atoms with van der Waals surface area (Å²) < 4.78 is 0.957. The van der Waals surface area contributed by atoms with Gasteiger partial charge in [-0.1, -0.05) is 15.9 Å². The fourth-order valence-electron chi connectivity index (χ4n) is 2.97. The van der Waals surface area contributed by atoms with Crippen molar-refractivity contribution in [1.82, 2.24) is 0 Å². The van der Waals surface area contributed by atoms with Crippen molar-refractivity contribution in [2.24, 2.45) is 0 Å². The molecule has 0 aromatic heterocycles. The van der Waals surface area contributed by atoms with E-state index in [4.69, 9.17) is 0 Å². The van der Waals surface area contributed by atoms with Crippen LogP contribution in [0.2, 0.25) is 0 Å². The van der Waals surface area contributed by atoms with Crippen LogP contribution in [0.25, 0.3) is 0 Å². The highest BCUT2D eigenvalue weighted by atomic mass is 79.9. The highest BCUT2D eigenvalue weighted by Crippen LogP contribution is 2.53. The van der Waals surface area contributed by atoms with Gasteiger partial charge in [0, 0.05) is 10.0 Å². The summed E-state index contributed by atoms with van der Waals surface area (Å²) in [6, 6.07) is 4.24. The summed E-state index contributed by atoms with van der Waals surface area (Å²) in [6.07, 6.45) is 4.91. The summed E-state index contributed by atoms with van der Waals surface area (Å²) in [7, 11) is 0. The van der Waals surface area contributed by atoms with Crippen LogP contribution in [0.3, 0.4) is 0 Å². The molecule has 2 unspecified atom stereocenters. The van der Waals surface area contributed by atoms with Gasteiger partial charge in [0.25, 0.3) is 0 Å². The zero-order valence-corrected chi connectivity index (χ0v) is 9.38. The quantitative estimate of drug-likeness (QED) is 0.696. The lowest BCUT2D eigenvalue weighted by molar-refractivity contribution is 0.112. The predicted octanol–water partition coefficient (Wildman–Crippen LogP) is 3.63. The van der Waals surface area contributed by atoms with E-state index in [0.717, 1.165) is 28.2 Å². The molecule has 0 saturated heterocycles. The van der Waals surface area contributed by atoms with Crippen LogP contribution in [0.15, 0.2) is 16.6 Å². The van der Waals surface area contributed by atoms with E-state index >= 15 is 0 Å². The second kappa shape index (κ2) is 2.93. The smallest absolute Gasteiger partial charge is 0.151 e. The van der Waals surface area contributed by atoms with Crippen LogP contribution in [-0.4, -0.2) is 6.29 Å². The first-order valence-corrected chi connectivity index (χ1v) is 5.87. The summed E-state index contributed by atoms with van der Waals surface area (Å²) in [5.74, 6) is 1.51. The molecule has 0 N–H and O–H groups in total. The zero-order chi connectivity index (χ0) is 9.71. The molecule has 1 fully saturated rings. The zero-order valence-electron chi connectivity index (χ0n) is 7.79. The SMILES string of the molecule is O=Cc1cc2c(cc1Br)C1CCC2C1. The average molecular weight is 251 g/mol. The Kier molecular flexibility index (Phi) is 1.81. The lowest BCUT2D eigenvalue weighted by atomic mass is 9.91. The van der Waals surface area contributed by atoms with Gasteiger partial charge < -0.3 is 0 Å². The number of benzene rings is 1. The topological polar surface area (TPSA) is 17.1 Å². The molecule has 72 valence electrons. The van der Waals surface area contributed by atoms with E-state index in [-0.39, 0.29) is 0 Å². The maximum absolute atomic E-state index is 10.8. The predicted molar refractivity (Wildman–Crippen MR) is 58.9 cm³/mol. The van der Waals surface area contributed by atoms with Crippen LogP contribution >= 0.6 is 15.9 Å². The number of carbonyl (C=O) groups is 1. The molecule has 1 nitrogen and oxygen atoms in total. The lowest BCUT2D eigenvalue weighted by Gasteiger charge is -2.15. The van der Waals surface area contributed by atoms with E-state index in [1.165, 1.54) is 30.4 Å². The van der Waals surface area contributed by atoms with Crippen molar-refractivity contribution >= 4 is 22.2 Å². The van der Waals surface area contributed by atoms with Gasteiger partial charge >= 0.3 is 0 Å². The van der Waals surface area contributed by atoms with Crippen LogP contribution < -0.4 is 0 Å². The van der Waals surface area contributed by atoms with Gasteiger partial charge in [-0.15, -0.1) is 0 Å². The molecule has 2 atom stereocenters. The van der Waals surface area contributed by atoms with Crippen LogP contribution in [-0.2, 0) is 0 Å². The Hall–Kier alpha value is -0.630. The highest BCUT2D eigenvalue weighted by Gasteiger charge is 2.37. The van der Waals surface area contributed by atoms with Crippen molar-refractivity contribution in [2.75, 3.05) is 0 Å². The van der Waals surface area contributed by atoms with Gasteiger partial charge in [-0.2, -0.15) is 0 Å². The summed E-state index contributed by atoms with van der Waals surface area (Å²) in [6.45, 7) is 0. The molecule has 0 radical (unpaired) electrons. The molecular weight excluding hydrogens is 240 g/mol. The van der Waals surface area contributed by atoms with Crippen molar-refractivity contribution in [3.63, 3.8) is 0 Å². The van der Waals surface area contributed by atoms with Crippen molar-refractivity contribution in [3.05, 3.63) is 33.3 Å². The average Bonchev–Trinajstić information content (AvgIpc) is 2.77. The first kappa shape index (κ1) is 8.66. The molecule has 2 heteroatoms. The molecule has 2 aliphatic rings. The fraction of sp³-hybridized carbons (Fsp3) is 0.417. The molecule has 2 aliphatic carbocycles. The van der Waals surface area contributed by atoms with Gasteiger partial charge in [0.15, 0.2) is 6.29 Å². The number of rotatable bonds is 1. The van der Waals surface area contributed by atoms with Crippen LogP contribution in [0.1, 0.15) is 52.6 Å². The first-order chi connectivity index (χ1) is 6.79. The number of halogens is 1. The van der Waals surface area contributed by atoms with E-state index in [2.05, 4.69) is 28.1 Å². The molecule has 2 bridgehead atoms. The van der Waals surface area contributed by atoms with E-state index in [0.29, 0.717) is 0 Å². The summed E-state index contributed by atoms with van der Waals surface area (Å²) in [5.41, 5.74) is 3.72. The molecule has 0 amide bonds. The van der Waals surface area contributed by atoms with Gasteiger partial charge in [-0.05, 0) is 54.4 Å². The van der Waals surface area contributed by atoms with Gasteiger partial charge in [0.05, 0.1) is 0 Å². The Morgan fingerprint density at radius 2 is 1.86 bits per heavy atom. The van der Waals surface area contributed by atoms with Crippen LogP contribution in [0.5, 0.6) is 0 Å². The van der Waals surface area contributed by atoms with Gasteiger partial charge in [-0.25, -0.2) is 0 Å². The Morgan fingerprint density at radius 1 is 1.21 bits per heavy atom. The third kappa shape index (κ3) is 1.04. The standard InChI is InChI=1S/C12H11BrO/c13-12-5-11-8-2-1-7(3-8)10(11)4-9(12)6-14/h4-8H,1-3H2. The number of aldehydes is 1. The van der Waals surface area contributed by atoms with Crippen LogP contribution in [0.4, 0.5) is 0 Å². The largest absolute Gasteiger partial charge is 0.298 e. The Balaban J connectivity index is 2.20. The maximum atomic E-state index is 10.8. The molecule has 14 heavy (non-hydrogen) atoms. The molecule has 0 aliphatic heterocycles. The van der Waals surface area contributed by atoms with Crippen LogP contribution in [0, 0.1) is 0 Å². The van der Waals surface area contributed by atoms with E-state index in [1.807, 2.05) is 0 Å². The molecular formula is C12H11BrO. The van der Waals surface area contributed by atoms with Crippen molar-refractivity contribution in [2.45, 2.75) is 31.1 Å². The molecule has 1 aromatic rings. The minimum atomic E-state index is 0.738. The second-order valence-corrected chi connectivity index (χ2v) is 5.18. The number of hydrogen-bond acceptors (Lipinski definition) is 1. The Morgan fingerprint density at radius 3 is 2.50 bits per heavy atom. The number of fused-ring (bicyclic) bond motifs is 5. The van der Waals surface area contributed by atoms with Gasteiger partial charge in [0.2, 0.25) is 0 Å². The summed E-state index contributed by atoms with van der Waals surface area (Å²) in [5, 5.41) is 0. The first-order valence-electron chi connectivity index (χ1n) is 5.08. The van der Waals surface area contributed by atoms with E-state index in [1.54, 1.807) is 0 Å². The normalized spacial score (nSPS) is 27.8. The molecule has 0 heterocycles. The van der Waals surface area contributed by atoms with Crippen molar-refractivity contribution in [3.8, 4) is 0 Å². The molecule has 1 aromatic carbocycles. The van der Waals surface area contributed by atoms with Gasteiger partial charge in [-0.3, -0.25) is 4.79 Å². The maximum Gasteiger partial charge on any atom is 0.151 e. The highest BCUT2D eigenvalue weighted by molar-refractivity contribution is 9.10. The summed E-state index contributed by atoms with van der Waals surface area (Å²) >= 11 is 3.45. The third-order valence-electron chi connectivity index (χ3n) is 3.64. The molecule has 0 spiro atoms. The number of carbonyl (C=O) groups excluding carboxylic acids is 1. The minimum Gasteiger partial charge on any atom is -0.298 e. The third-order valence-corrected chi connectivity index (χ3v) is 4.33. The van der Waals surface area contributed by atoms with Gasteiger partial charge in [0.1, 0.15) is 0 Å². The summed E-state index contributed by atoms with van der Waals surface area (Å²) in [4.78, 5) is 10.8. The molecule has 3 rings (SSSR count). The Bertz CT molecular complexity index is 411. The fourth-order valence-corrected chi connectivity index (χ4v) is 3.42. The van der Waals surface area contributed by atoms with E-state index in [9.17, 15) is 4.79 Å². The molecule has 1 saturated carbocycles. The number of hydrogen-bond donors (Lipinski definition) is 0. The monoisotopic (exact) mass is 250 g/mol. The lowest BCUT2D eigenvalue weighted by Crippen LogP contribution is -1.99. The van der Waals surface area contributed by atoms with E-state index < -0.39 is 0 Å². The Labute approximate surface area is 91.6 Å². The minimum absolute atomic E-state index is 0.738. The van der Waals surface area contributed by atoms with Crippen molar-refractivity contribution in [1.29, 1.82) is 0 Å².